The number of non-ortho nitro benzene ring substituents is 1. The number of allylic oxidation sites excluding steroid dienone is 1. The van der Waals surface area contributed by atoms with E-state index in [1.54, 1.807) is 56.3 Å². The molecule has 0 bridgehead atoms. The lowest BCUT2D eigenvalue weighted by molar-refractivity contribution is -0.394. The number of carbonyl (C=O) groups is 1. The average Bonchev–Trinajstić information content (AvgIpc) is 3.31. The summed E-state index contributed by atoms with van der Waals surface area (Å²) in [6, 6.07) is 13.7. The molecule has 1 aromatic heterocycles. The normalized spacial score (nSPS) is 14.4. The molecule has 13 nitrogen and oxygen atoms in total. The van der Waals surface area contributed by atoms with Gasteiger partial charge in [0.25, 0.3) is 11.2 Å². The molecule has 0 unspecified atom stereocenters. The van der Waals surface area contributed by atoms with Crippen molar-refractivity contribution in [1.82, 2.24) is 4.57 Å². The third kappa shape index (κ3) is 6.18. The van der Waals surface area contributed by atoms with Gasteiger partial charge in [-0.15, -0.1) is 0 Å². The van der Waals surface area contributed by atoms with E-state index in [1.165, 1.54) is 17.7 Å². The third-order valence-electron chi connectivity index (χ3n) is 6.76. The summed E-state index contributed by atoms with van der Waals surface area (Å²) in [6.45, 7) is 3.52. The van der Waals surface area contributed by atoms with Gasteiger partial charge in [0.1, 0.15) is 0 Å². The van der Waals surface area contributed by atoms with Crippen LogP contribution in [0.1, 0.15) is 31.0 Å². The maximum absolute atomic E-state index is 13.9. The van der Waals surface area contributed by atoms with Crippen molar-refractivity contribution in [2.75, 3.05) is 13.7 Å². The standard InChI is InChI=1S/C30H23ClN4O9S/c1-4-43-29(37)26-16(2)32-30-33(27(26)18-6-8-19(31)9-7-18)28(36)25(45-30)14-17-5-11-23(24(13-17)42-3)44-22-12-10-20(34(38)39)15-21(22)35(40)41/h5-15,27H,4H2,1-3H3/b25-14-/t27-/m0/s1. The molecule has 0 saturated heterocycles. The fourth-order valence-corrected chi connectivity index (χ4v) is 5.90. The first-order valence-electron chi connectivity index (χ1n) is 13.3. The highest BCUT2D eigenvalue weighted by Crippen LogP contribution is 2.38. The second-order valence-corrected chi connectivity index (χ2v) is 11.0. The van der Waals surface area contributed by atoms with Crippen molar-refractivity contribution < 1.29 is 28.9 Å². The van der Waals surface area contributed by atoms with E-state index in [9.17, 15) is 29.8 Å². The summed E-state index contributed by atoms with van der Waals surface area (Å²) < 4.78 is 18.2. The smallest absolute Gasteiger partial charge is 0.338 e. The van der Waals surface area contributed by atoms with Crippen LogP contribution in [0, 0.1) is 20.2 Å². The number of rotatable bonds is 9. The van der Waals surface area contributed by atoms with Crippen molar-refractivity contribution in [1.29, 1.82) is 0 Å². The number of nitrogens with zero attached hydrogens (tertiary/aromatic N) is 4. The van der Waals surface area contributed by atoms with Gasteiger partial charge in [0.2, 0.25) is 5.75 Å². The lowest BCUT2D eigenvalue weighted by Gasteiger charge is -2.24. The molecule has 1 aliphatic rings. The SMILES string of the molecule is CCOC(=O)C1=C(C)N=c2s/c(=C\c3ccc(Oc4ccc([N+](=O)[O-])cc4[N+](=O)[O-])c(OC)c3)c(=O)n2[C@H]1c1ccc(Cl)cc1. The van der Waals surface area contributed by atoms with Crippen LogP contribution in [0.5, 0.6) is 17.2 Å². The molecule has 0 N–H and O–H groups in total. The van der Waals surface area contributed by atoms with Gasteiger partial charge in [-0.2, -0.15) is 0 Å². The number of carbonyl (C=O) groups excluding carboxylic acids is 1. The zero-order chi connectivity index (χ0) is 32.4. The first-order chi connectivity index (χ1) is 21.5. The summed E-state index contributed by atoms with van der Waals surface area (Å²) in [5, 5.41) is 23.1. The number of thiazole rings is 1. The topological polar surface area (TPSA) is 165 Å². The van der Waals surface area contributed by atoms with E-state index >= 15 is 0 Å². The second kappa shape index (κ2) is 12.7. The Morgan fingerprint density at radius 2 is 1.76 bits per heavy atom. The number of methoxy groups -OCH3 is 1. The highest BCUT2D eigenvalue weighted by Gasteiger charge is 2.33. The highest BCUT2D eigenvalue weighted by atomic mass is 35.5. The molecule has 5 rings (SSSR count). The van der Waals surface area contributed by atoms with Gasteiger partial charge >= 0.3 is 11.7 Å². The monoisotopic (exact) mass is 650 g/mol. The predicted molar refractivity (Wildman–Crippen MR) is 165 cm³/mol. The van der Waals surface area contributed by atoms with Crippen LogP contribution in [0.4, 0.5) is 11.4 Å². The summed E-state index contributed by atoms with van der Waals surface area (Å²) in [4.78, 5) is 52.9. The summed E-state index contributed by atoms with van der Waals surface area (Å²) in [5.41, 5.74) is 0.393. The lowest BCUT2D eigenvalue weighted by Crippen LogP contribution is -2.39. The van der Waals surface area contributed by atoms with Crippen LogP contribution in [-0.4, -0.2) is 34.1 Å². The van der Waals surface area contributed by atoms with Crippen LogP contribution >= 0.6 is 22.9 Å². The maximum Gasteiger partial charge on any atom is 0.338 e. The fourth-order valence-electron chi connectivity index (χ4n) is 4.73. The molecule has 3 aromatic carbocycles. The molecule has 4 aromatic rings. The molecule has 0 spiro atoms. The quantitative estimate of drug-likeness (QED) is 0.137. The molecule has 0 fully saturated rings. The van der Waals surface area contributed by atoms with Crippen molar-refractivity contribution in [2.45, 2.75) is 19.9 Å². The second-order valence-electron chi connectivity index (χ2n) is 9.53. The van der Waals surface area contributed by atoms with Crippen LogP contribution in [0.25, 0.3) is 6.08 Å². The minimum absolute atomic E-state index is 0.102. The zero-order valence-electron chi connectivity index (χ0n) is 23.9. The largest absolute Gasteiger partial charge is 0.493 e. The lowest BCUT2D eigenvalue weighted by atomic mass is 9.96. The van der Waals surface area contributed by atoms with Gasteiger partial charge < -0.3 is 14.2 Å². The summed E-state index contributed by atoms with van der Waals surface area (Å²) in [7, 11) is 1.37. The molecule has 1 atom stereocenters. The molecule has 45 heavy (non-hydrogen) atoms. The molecule has 230 valence electrons. The number of hydrogen-bond donors (Lipinski definition) is 0. The number of esters is 1. The minimum atomic E-state index is -0.803. The van der Waals surface area contributed by atoms with E-state index in [0.29, 0.717) is 31.2 Å². The average molecular weight is 651 g/mol. The fraction of sp³-hybridized carbons (Fsp3) is 0.167. The number of aromatic nitrogens is 1. The van der Waals surface area contributed by atoms with Crippen molar-refractivity contribution >= 4 is 46.4 Å². The molecule has 0 amide bonds. The number of nitro groups is 2. The Morgan fingerprint density at radius 3 is 2.40 bits per heavy atom. The first kappa shape index (κ1) is 31.1. The Labute approximate surface area is 263 Å². The Kier molecular flexibility index (Phi) is 8.79. The number of hydrogen-bond acceptors (Lipinski definition) is 11. The predicted octanol–water partition coefficient (Wildman–Crippen LogP) is 5.07. The number of fused-ring (bicyclic) bond motifs is 1. The van der Waals surface area contributed by atoms with Crippen LogP contribution in [0.15, 0.2) is 81.7 Å². The van der Waals surface area contributed by atoms with Gasteiger partial charge in [-0.05, 0) is 61.4 Å². The Bertz CT molecular complexity index is 2070. The van der Waals surface area contributed by atoms with Gasteiger partial charge in [-0.25, -0.2) is 9.79 Å². The molecule has 0 radical (unpaired) electrons. The van der Waals surface area contributed by atoms with Gasteiger partial charge in [-0.3, -0.25) is 29.6 Å². The van der Waals surface area contributed by atoms with Crippen LogP contribution in [0.2, 0.25) is 5.02 Å². The Hall–Kier alpha value is -5.34. The minimum Gasteiger partial charge on any atom is -0.493 e. The summed E-state index contributed by atoms with van der Waals surface area (Å²) >= 11 is 7.24. The Balaban J connectivity index is 1.57. The summed E-state index contributed by atoms with van der Waals surface area (Å²) in [6.07, 6.45) is 1.62. The third-order valence-corrected chi connectivity index (χ3v) is 7.99. The van der Waals surface area contributed by atoms with Crippen LogP contribution in [-0.2, 0) is 9.53 Å². The van der Waals surface area contributed by atoms with Gasteiger partial charge in [-0.1, -0.05) is 41.1 Å². The number of ether oxygens (including phenoxy) is 3. The van der Waals surface area contributed by atoms with Gasteiger partial charge in [0, 0.05) is 11.1 Å². The molecular weight excluding hydrogens is 628 g/mol. The maximum atomic E-state index is 13.9. The molecular formula is C30H23ClN4O9S. The van der Waals surface area contributed by atoms with Crippen molar-refractivity contribution in [3.05, 3.63) is 128 Å². The van der Waals surface area contributed by atoms with Crippen LogP contribution < -0.4 is 24.4 Å². The molecule has 0 saturated carbocycles. The van der Waals surface area contributed by atoms with E-state index < -0.39 is 38.8 Å². The van der Waals surface area contributed by atoms with Crippen molar-refractivity contribution in [2.24, 2.45) is 4.99 Å². The van der Waals surface area contributed by atoms with E-state index in [1.807, 2.05) is 0 Å². The van der Waals surface area contributed by atoms with E-state index in [-0.39, 0.29) is 29.4 Å². The first-order valence-corrected chi connectivity index (χ1v) is 14.5. The van der Waals surface area contributed by atoms with Crippen molar-refractivity contribution in [3.63, 3.8) is 0 Å². The van der Waals surface area contributed by atoms with E-state index in [4.69, 9.17) is 25.8 Å². The highest BCUT2D eigenvalue weighted by molar-refractivity contribution is 7.07. The molecule has 0 aliphatic carbocycles. The van der Waals surface area contributed by atoms with E-state index in [2.05, 4.69) is 4.99 Å². The van der Waals surface area contributed by atoms with E-state index in [0.717, 1.165) is 29.5 Å². The number of nitro benzene ring substituents is 2. The molecule has 15 heteroatoms. The van der Waals surface area contributed by atoms with Crippen LogP contribution in [0.3, 0.4) is 0 Å². The van der Waals surface area contributed by atoms with Crippen molar-refractivity contribution in [3.8, 4) is 17.2 Å². The summed E-state index contributed by atoms with van der Waals surface area (Å²) in [5.74, 6) is -0.518. The zero-order valence-corrected chi connectivity index (χ0v) is 25.5. The van der Waals surface area contributed by atoms with Gasteiger partial charge in [0.05, 0.1) is 51.5 Å². The van der Waals surface area contributed by atoms with Gasteiger partial charge in [0.15, 0.2) is 16.3 Å². The number of halogens is 1. The Morgan fingerprint density at radius 1 is 1.04 bits per heavy atom. The molecule has 1 aliphatic heterocycles. The molecule has 2 heterocycles. The number of benzene rings is 3.